The van der Waals surface area contributed by atoms with Crippen LogP contribution >= 0.6 is 7.60 Å². The lowest BCUT2D eigenvalue weighted by Gasteiger charge is -2.14. The first-order valence-corrected chi connectivity index (χ1v) is 10.5. The molecule has 0 aliphatic heterocycles. The summed E-state index contributed by atoms with van der Waals surface area (Å²) in [7, 11) is -9.63. The van der Waals surface area contributed by atoms with Crippen LogP contribution in [0.4, 0.5) is 0 Å². The molecular formula is C15H23O6PS. The Morgan fingerprint density at radius 2 is 1.87 bits per heavy atom. The van der Waals surface area contributed by atoms with Crippen LogP contribution in [0.5, 0.6) is 0 Å². The van der Waals surface area contributed by atoms with Gasteiger partial charge in [0.25, 0.3) is 10.1 Å². The van der Waals surface area contributed by atoms with Crippen molar-refractivity contribution in [2.75, 3.05) is 0 Å². The maximum Gasteiger partial charge on any atom is 0.346 e. The van der Waals surface area contributed by atoms with Gasteiger partial charge >= 0.3 is 7.60 Å². The predicted molar refractivity (Wildman–Crippen MR) is 89.8 cm³/mol. The summed E-state index contributed by atoms with van der Waals surface area (Å²) in [5, 5.41) is 0. The monoisotopic (exact) mass is 362 g/mol. The number of hydrogen-bond acceptors (Lipinski definition) is 3. The maximum atomic E-state index is 11.1. The lowest BCUT2D eigenvalue weighted by molar-refractivity contribution is 0.360. The van der Waals surface area contributed by atoms with Gasteiger partial charge in [-0.3, -0.25) is 9.12 Å². The Hall–Kier alpha value is -0.980. The molecule has 0 heterocycles. The van der Waals surface area contributed by atoms with E-state index in [9.17, 15) is 13.0 Å². The first-order chi connectivity index (χ1) is 10.6. The molecule has 0 aliphatic rings. The molecule has 130 valence electrons. The van der Waals surface area contributed by atoms with E-state index in [-0.39, 0.29) is 12.8 Å². The molecule has 23 heavy (non-hydrogen) atoms. The largest absolute Gasteiger partial charge is 0.346 e. The average Bonchev–Trinajstić information content (AvgIpc) is 2.43. The molecule has 1 aromatic carbocycles. The van der Waals surface area contributed by atoms with Gasteiger partial charge in [-0.1, -0.05) is 42.0 Å². The van der Waals surface area contributed by atoms with Crippen molar-refractivity contribution in [2.45, 2.75) is 44.0 Å². The molecule has 0 aliphatic carbocycles. The fourth-order valence-electron chi connectivity index (χ4n) is 2.22. The molecule has 0 saturated carbocycles. The molecule has 0 saturated heterocycles. The molecule has 1 aromatic rings. The molecule has 8 heteroatoms. The lowest BCUT2D eigenvalue weighted by atomic mass is 10.0. The molecule has 1 atom stereocenters. The summed E-state index contributed by atoms with van der Waals surface area (Å²) in [6.45, 7) is 1.96. The third kappa shape index (κ3) is 7.90. The summed E-state index contributed by atoms with van der Waals surface area (Å²) in [4.78, 5) is 15.9. The molecule has 0 amide bonds. The molecule has 0 fully saturated rings. The van der Waals surface area contributed by atoms with Crippen molar-refractivity contribution in [1.82, 2.24) is 0 Å². The number of aryl methyl sites for hydroxylation is 1. The van der Waals surface area contributed by atoms with Crippen molar-refractivity contribution in [3.63, 3.8) is 0 Å². The van der Waals surface area contributed by atoms with Crippen LogP contribution in [-0.2, 0) is 21.1 Å². The Balaban J connectivity index is 2.44. The topological polar surface area (TPSA) is 112 Å². The van der Waals surface area contributed by atoms with Gasteiger partial charge < -0.3 is 9.79 Å². The van der Waals surface area contributed by atoms with Crippen molar-refractivity contribution in [3.8, 4) is 0 Å². The van der Waals surface area contributed by atoms with Crippen molar-refractivity contribution in [3.05, 3.63) is 47.5 Å². The summed E-state index contributed by atoms with van der Waals surface area (Å²) >= 11 is 0. The molecule has 0 bridgehead atoms. The van der Waals surface area contributed by atoms with Crippen LogP contribution < -0.4 is 0 Å². The van der Waals surface area contributed by atoms with Gasteiger partial charge in [-0.25, -0.2) is 0 Å². The van der Waals surface area contributed by atoms with E-state index in [1.807, 2.05) is 43.3 Å². The van der Waals surface area contributed by atoms with Crippen LogP contribution in [0.15, 0.2) is 42.0 Å². The van der Waals surface area contributed by atoms with Gasteiger partial charge in [0.05, 0.1) is 0 Å². The minimum atomic E-state index is -4.87. The number of benzene rings is 1. The standard InChI is InChI=1S/C15H23O6PS/c1-13(11-12-14-8-3-2-4-9-14)7-5-6-10-15(22(16,17)18)23(19,20)21/h2-4,7-9,15H,5-6,10-12H2,1H3,(H2,16,17,18)(H,19,20,21)/b13-7+. The summed E-state index contributed by atoms with van der Waals surface area (Å²) in [5.74, 6) is 0. The number of rotatable bonds is 9. The van der Waals surface area contributed by atoms with Gasteiger partial charge in [-0.15, -0.1) is 0 Å². The van der Waals surface area contributed by atoms with Gasteiger partial charge in [0.15, 0.2) is 4.99 Å². The van der Waals surface area contributed by atoms with Gasteiger partial charge in [-0.05, 0) is 44.6 Å². The van der Waals surface area contributed by atoms with Crippen LogP contribution in [0, 0.1) is 0 Å². The lowest BCUT2D eigenvalue weighted by Crippen LogP contribution is -2.20. The molecule has 1 rings (SSSR count). The fraction of sp³-hybridized carbons (Fsp3) is 0.467. The SMILES string of the molecule is C/C(=C\CCCC(P(=O)(O)O)S(=O)(=O)O)CCc1ccccc1. The normalized spacial score (nSPS) is 14.7. The number of hydrogen-bond donors (Lipinski definition) is 3. The van der Waals surface area contributed by atoms with Crippen LogP contribution in [0.2, 0.25) is 0 Å². The highest BCUT2D eigenvalue weighted by molar-refractivity contribution is 7.93. The predicted octanol–water partition coefficient (Wildman–Crippen LogP) is 3.13. The second-order valence-electron chi connectivity index (χ2n) is 5.53. The Morgan fingerprint density at radius 1 is 1.26 bits per heavy atom. The fourth-order valence-corrected chi connectivity index (χ4v) is 4.59. The van der Waals surface area contributed by atoms with E-state index in [0.29, 0.717) is 6.42 Å². The Labute approximate surface area is 137 Å². The second kappa shape index (κ2) is 8.76. The second-order valence-corrected chi connectivity index (χ2v) is 9.28. The summed E-state index contributed by atoms with van der Waals surface area (Å²) in [6.07, 6.45) is 4.21. The van der Waals surface area contributed by atoms with Gasteiger partial charge in [-0.2, -0.15) is 8.42 Å². The Kier molecular flexibility index (Phi) is 7.64. The van der Waals surface area contributed by atoms with E-state index in [1.165, 1.54) is 5.56 Å². The minimum Gasteiger partial charge on any atom is -0.323 e. The smallest absolute Gasteiger partial charge is 0.323 e. The first-order valence-electron chi connectivity index (χ1n) is 7.32. The van der Waals surface area contributed by atoms with Crippen LogP contribution in [0.3, 0.4) is 0 Å². The maximum absolute atomic E-state index is 11.1. The Morgan fingerprint density at radius 3 is 2.39 bits per heavy atom. The molecule has 0 radical (unpaired) electrons. The Bertz CT molecular complexity index is 662. The van der Waals surface area contributed by atoms with Gasteiger partial charge in [0, 0.05) is 0 Å². The van der Waals surface area contributed by atoms with Crippen molar-refractivity contribution < 1.29 is 27.3 Å². The summed E-state index contributed by atoms with van der Waals surface area (Å²) < 4.78 is 42.0. The minimum absolute atomic E-state index is 0.272. The molecule has 1 unspecified atom stereocenters. The van der Waals surface area contributed by atoms with Gasteiger partial charge in [0.1, 0.15) is 0 Å². The van der Waals surface area contributed by atoms with Crippen LogP contribution in [0.1, 0.15) is 38.2 Å². The molecular weight excluding hydrogens is 339 g/mol. The van der Waals surface area contributed by atoms with E-state index in [2.05, 4.69) is 0 Å². The average molecular weight is 362 g/mol. The van der Waals surface area contributed by atoms with E-state index >= 15 is 0 Å². The zero-order valence-electron chi connectivity index (χ0n) is 13.0. The van der Waals surface area contributed by atoms with E-state index < -0.39 is 22.7 Å². The van der Waals surface area contributed by atoms with Crippen molar-refractivity contribution >= 4 is 17.7 Å². The summed E-state index contributed by atoms with van der Waals surface area (Å²) in [5.41, 5.74) is 2.36. The van der Waals surface area contributed by atoms with Gasteiger partial charge in [0.2, 0.25) is 0 Å². The quantitative estimate of drug-likeness (QED) is 0.269. The van der Waals surface area contributed by atoms with Crippen LogP contribution in [0.25, 0.3) is 0 Å². The molecule has 3 N–H and O–H groups in total. The third-order valence-electron chi connectivity index (χ3n) is 3.52. The number of unbranched alkanes of at least 4 members (excludes halogenated alkanes) is 1. The van der Waals surface area contributed by atoms with Crippen molar-refractivity contribution in [1.29, 1.82) is 0 Å². The van der Waals surface area contributed by atoms with E-state index in [0.717, 1.165) is 18.4 Å². The molecule has 0 spiro atoms. The highest BCUT2D eigenvalue weighted by Gasteiger charge is 2.38. The van der Waals surface area contributed by atoms with E-state index in [4.69, 9.17) is 14.3 Å². The van der Waals surface area contributed by atoms with Crippen LogP contribution in [-0.4, -0.2) is 27.7 Å². The number of allylic oxidation sites excluding steroid dienone is 2. The third-order valence-corrected chi connectivity index (χ3v) is 7.07. The highest BCUT2D eigenvalue weighted by atomic mass is 32.2. The summed E-state index contributed by atoms with van der Waals surface area (Å²) in [6, 6.07) is 10.0. The highest BCUT2D eigenvalue weighted by Crippen LogP contribution is 2.46. The first kappa shape index (κ1) is 20.1. The molecule has 6 nitrogen and oxygen atoms in total. The zero-order valence-corrected chi connectivity index (χ0v) is 14.7. The van der Waals surface area contributed by atoms with E-state index in [1.54, 1.807) is 0 Å². The molecule has 0 aromatic heterocycles. The van der Waals surface area contributed by atoms with Crippen molar-refractivity contribution in [2.24, 2.45) is 0 Å². The zero-order chi connectivity index (χ0) is 17.5.